The van der Waals surface area contributed by atoms with E-state index in [0.717, 1.165) is 17.7 Å². The lowest BCUT2D eigenvalue weighted by Crippen LogP contribution is -2.27. The summed E-state index contributed by atoms with van der Waals surface area (Å²) in [4.78, 5) is 0. The van der Waals surface area contributed by atoms with Crippen LogP contribution < -0.4 is 5.32 Å². The van der Waals surface area contributed by atoms with E-state index in [0.29, 0.717) is 6.04 Å². The molecule has 1 aromatic heterocycles. The van der Waals surface area contributed by atoms with Gasteiger partial charge in [-0.1, -0.05) is 6.92 Å². The number of hydrogen-bond donors (Lipinski definition) is 1. The first-order valence-corrected chi connectivity index (χ1v) is 5.26. The third-order valence-electron chi connectivity index (χ3n) is 2.21. The van der Waals surface area contributed by atoms with Crippen LogP contribution in [0.3, 0.4) is 0 Å². The molecule has 4 heteroatoms. The summed E-state index contributed by atoms with van der Waals surface area (Å²) in [7, 11) is 1.88. The minimum absolute atomic E-state index is 0.256. The zero-order chi connectivity index (χ0) is 11.4. The molecule has 1 aromatic rings. The molecule has 0 saturated heterocycles. The smallest absolute Gasteiger partial charge is 0.124 e. The van der Waals surface area contributed by atoms with Crippen molar-refractivity contribution in [3.63, 3.8) is 0 Å². The molecule has 0 aliphatic carbocycles. The molecule has 82 valence electrons. The van der Waals surface area contributed by atoms with E-state index >= 15 is 0 Å². The van der Waals surface area contributed by atoms with Crippen LogP contribution in [-0.2, 0) is 13.5 Å². The van der Waals surface area contributed by atoms with E-state index in [4.69, 9.17) is 5.26 Å². The summed E-state index contributed by atoms with van der Waals surface area (Å²) in [6.45, 7) is 6.12. The molecule has 0 aromatic carbocycles. The van der Waals surface area contributed by atoms with Crippen molar-refractivity contribution in [1.29, 1.82) is 5.26 Å². The van der Waals surface area contributed by atoms with Crippen molar-refractivity contribution in [3.05, 3.63) is 17.5 Å². The summed E-state index contributed by atoms with van der Waals surface area (Å²) < 4.78 is 1.76. The Morgan fingerprint density at radius 2 is 2.27 bits per heavy atom. The van der Waals surface area contributed by atoms with E-state index in [1.807, 2.05) is 27.1 Å². The van der Waals surface area contributed by atoms with Crippen LogP contribution in [0.25, 0.3) is 0 Å². The third kappa shape index (κ3) is 2.80. The van der Waals surface area contributed by atoms with Crippen LogP contribution in [0.1, 0.15) is 38.1 Å². The van der Waals surface area contributed by atoms with E-state index in [9.17, 15) is 0 Å². The normalized spacial score (nSPS) is 12.8. The Balaban J connectivity index is 2.96. The first-order chi connectivity index (χ1) is 7.08. The summed E-state index contributed by atoms with van der Waals surface area (Å²) in [6, 6.07) is 2.31. The van der Waals surface area contributed by atoms with Gasteiger partial charge in [0.05, 0.1) is 11.8 Å². The van der Waals surface area contributed by atoms with Crippen molar-refractivity contribution in [2.75, 3.05) is 0 Å². The summed E-state index contributed by atoms with van der Waals surface area (Å²) in [5, 5.41) is 16.7. The highest BCUT2D eigenvalue weighted by Crippen LogP contribution is 2.17. The predicted molar refractivity (Wildman–Crippen MR) is 59.2 cm³/mol. The summed E-state index contributed by atoms with van der Waals surface area (Å²) in [5.74, 6) is 0. The van der Waals surface area contributed by atoms with Gasteiger partial charge in [0, 0.05) is 24.8 Å². The molecule has 0 radical (unpaired) electrons. The number of nitrogens with one attached hydrogen (secondary N) is 1. The SMILES string of the molecule is CCc1nn(C)cc1C(C#N)NC(C)C. The van der Waals surface area contributed by atoms with E-state index in [1.54, 1.807) is 4.68 Å². The van der Waals surface area contributed by atoms with Crippen LogP contribution in [0.15, 0.2) is 6.20 Å². The van der Waals surface area contributed by atoms with Gasteiger partial charge in [-0.3, -0.25) is 10.00 Å². The molecular formula is C11H18N4. The summed E-state index contributed by atoms with van der Waals surface area (Å²) in [6.07, 6.45) is 2.77. The lowest BCUT2D eigenvalue weighted by atomic mass is 10.1. The molecule has 1 unspecified atom stereocenters. The molecule has 4 nitrogen and oxygen atoms in total. The molecule has 0 fully saturated rings. The standard InChI is InChI=1S/C11H18N4/c1-5-10-9(7-15(4)14-10)11(6-12)13-8(2)3/h7-8,11,13H,5H2,1-4H3. The molecule has 0 aliphatic rings. The topological polar surface area (TPSA) is 53.6 Å². The molecule has 0 amide bonds. The second-order valence-corrected chi connectivity index (χ2v) is 3.94. The van der Waals surface area contributed by atoms with Gasteiger partial charge in [0.1, 0.15) is 6.04 Å². The number of aromatic nitrogens is 2. The van der Waals surface area contributed by atoms with Gasteiger partial charge in [0.2, 0.25) is 0 Å². The highest BCUT2D eigenvalue weighted by molar-refractivity contribution is 5.26. The van der Waals surface area contributed by atoms with Crippen LogP contribution >= 0.6 is 0 Å². The number of rotatable bonds is 4. The Bertz CT molecular complexity index is 359. The molecule has 0 aliphatic heterocycles. The van der Waals surface area contributed by atoms with Crippen molar-refractivity contribution in [1.82, 2.24) is 15.1 Å². The minimum Gasteiger partial charge on any atom is -0.296 e. The quantitative estimate of drug-likeness (QED) is 0.813. The maximum Gasteiger partial charge on any atom is 0.124 e. The molecular weight excluding hydrogens is 188 g/mol. The monoisotopic (exact) mass is 206 g/mol. The molecule has 1 heterocycles. The summed E-state index contributed by atoms with van der Waals surface area (Å²) in [5.41, 5.74) is 1.99. The zero-order valence-corrected chi connectivity index (χ0v) is 9.78. The van der Waals surface area contributed by atoms with E-state index in [-0.39, 0.29) is 6.04 Å². The van der Waals surface area contributed by atoms with Gasteiger partial charge in [0.25, 0.3) is 0 Å². The van der Waals surface area contributed by atoms with Gasteiger partial charge in [-0.2, -0.15) is 10.4 Å². The van der Waals surface area contributed by atoms with Crippen LogP contribution in [0.5, 0.6) is 0 Å². The molecule has 0 saturated carbocycles. The zero-order valence-electron chi connectivity index (χ0n) is 9.78. The lowest BCUT2D eigenvalue weighted by molar-refractivity contribution is 0.543. The number of aryl methyl sites for hydroxylation is 2. The van der Waals surface area contributed by atoms with Gasteiger partial charge >= 0.3 is 0 Å². The second-order valence-electron chi connectivity index (χ2n) is 3.94. The molecule has 1 rings (SSSR count). The maximum atomic E-state index is 9.11. The fraction of sp³-hybridized carbons (Fsp3) is 0.636. The average Bonchev–Trinajstić information content (AvgIpc) is 2.55. The fourth-order valence-corrected chi connectivity index (χ4v) is 1.60. The Kier molecular flexibility index (Phi) is 3.87. The fourth-order valence-electron chi connectivity index (χ4n) is 1.60. The van der Waals surface area contributed by atoms with E-state index in [2.05, 4.69) is 23.4 Å². The first kappa shape index (κ1) is 11.7. The van der Waals surface area contributed by atoms with Gasteiger partial charge in [0.15, 0.2) is 0 Å². The van der Waals surface area contributed by atoms with Crippen LogP contribution in [0.2, 0.25) is 0 Å². The van der Waals surface area contributed by atoms with Crippen molar-refractivity contribution >= 4 is 0 Å². The lowest BCUT2D eigenvalue weighted by Gasteiger charge is -2.13. The Morgan fingerprint density at radius 3 is 2.73 bits per heavy atom. The summed E-state index contributed by atoms with van der Waals surface area (Å²) >= 11 is 0. The molecule has 1 N–H and O–H groups in total. The highest BCUT2D eigenvalue weighted by Gasteiger charge is 2.17. The average molecular weight is 206 g/mol. The Morgan fingerprint density at radius 1 is 1.60 bits per heavy atom. The Labute approximate surface area is 90.9 Å². The predicted octanol–water partition coefficient (Wildman–Crippen LogP) is 1.55. The third-order valence-corrected chi connectivity index (χ3v) is 2.21. The molecule has 0 bridgehead atoms. The van der Waals surface area contributed by atoms with Crippen molar-refractivity contribution in [3.8, 4) is 6.07 Å². The van der Waals surface area contributed by atoms with Crippen LogP contribution in [0.4, 0.5) is 0 Å². The molecule has 1 atom stereocenters. The second kappa shape index (κ2) is 4.94. The maximum absolute atomic E-state index is 9.11. The minimum atomic E-state index is -0.256. The van der Waals surface area contributed by atoms with Crippen LogP contribution in [-0.4, -0.2) is 15.8 Å². The first-order valence-electron chi connectivity index (χ1n) is 5.26. The molecule has 0 spiro atoms. The van der Waals surface area contributed by atoms with Crippen molar-refractivity contribution in [2.45, 2.75) is 39.3 Å². The Hall–Kier alpha value is -1.34. The van der Waals surface area contributed by atoms with Gasteiger partial charge in [-0.25, -0.2) is 0 Å². The van der Waals surface area contributed by atoms with Crippen molar-refractivity contribution < 1.29 is 0 Å². The number of nitrogens with zero attached hydrogens (tertiary/aromatic N) is 3. The number of hydrogen-bond acceptors (Lipinski definition) is 3. The van der Waals surface area contributed by atoms with Crippen molar-refractivity contribution in [2.24, 2.45) is 7.05 Å². The van der Waals surface area contributed by atoms with Crippen LogP contribution in [0, 0.1) is 11.3 Å². The van der Waals surface area contributed by atoms with E-state index in [1.165, 1.54) is 0 Å². The number of nitriles is 1. The highest BCUT2D eigenvalue weighted by atomic mass is 15.3. The van der Waals surface area contributed by atoms with E-state index < -0.39 is 0 Å². The van der Waals surface area contributed by atoms with Gasteiger partial charge < -0.3 is 0 Å². The van der Waals surface area contributed by atoms with Gasteiger partial charge in [-0.05, 0) is 20.3 Å². The van der Waals surface area contributed by atoms with Gasteiger partial charge in [-0.15, -0.1) is 0 Å². The molecule has 15 heavy (non-hydrogen) atoms. The largest absolute Gasteiger partial charge is 0.296 e.